The Kier molecular flexibility index (Phi) is 8.34. The molecule has 3 aromatic carbocycles. The summed E-state index contributed by atoms with van der Waals surface area (Å²) < 4.78 is 0. The molecule has 0 saturated heterocycles. The van der Waals surface area contributed by atoms with Crippen LogP contribution in [0.3, 0.4) is 0 Å². The number of aliphatic hydroxyl groups excluding tert-OH is 1. The Labute approximate surface area is 211 Å². The molecule has 0 spiro atoms. The maximum atomic E-state index is 11.1. The van der Waals surface area contributed by atoms with E-state index in [1.807, 2.05) is 24.3 Å². The number of fused-ring (bicyclic) bond motifs is 1. The molecule has 0 radical (unpaired) electrons. The first-order valence-corrected chi connectivity index (χ1v) is 10.5. The number of rotatable bonds is 6. The van der Waals surface area contributed by atoms with Gasteiger partial charge in [-0.3, -0.25) is 0 Å². The first-order chi connectivity index (χ1) is 14.5. The summed E-state index contributed by atoms with van der Waals surface area (Å²) in [6, 6.07) is 21.1. The number of halogens is 1. The zero-order chi connectivity index (χ0) is 21.1. The van der Waals surface area contributed by atoms with E-state index in [1.165, 1.54) is 11.1 Å². The average Bonchev–Trinajstić information content (AvgIpc) is 2.77. The molecule has 3 aromatic rings. The average molecular weight is 446 g/mol. The number of aliphatic hydroxyl groups is 1. The number of aryl methyl sites for hydroxylation is 1. The van der Waals surface area contributed by atoms with Crippen molar-refractivity contribution < 1.29 is 46.0 Å². The summed E-state index contributed by atoms with van der Waals surface area (Å²) in [6.45, 7) is 0.498. The summed E-state index contributed by atoms with van der Waals surface area (Å²) in [7, 11) is 0. The van der Waals surface area contributed by atoms with Gasteiger partial charge in [-0.15, -0.1) is 0 Å². The Morgan fingerprint density at radius 3 is 2.39 bits per heavy atom. The van der Waals surface area contributed by atoms with Gasteiger partial charge in [0, 0.05) is 17.6 Å². The van der Waals surface area contributed by atoms with Crippen LogP contribution in [0.4, 0.5) is 0 Å². The molecule has 1 aliphatic carbocycles. The van der Waals surface area contributed by atoms with Crippen LogP contribution in [0.15, 0.2) is 66.7 Å². The zero-order valence-corrected chi connectivity index (χ0v) is 20.3. The Morgan fingerprint density at radius 2 is 1.71 bits per heavy atom. The van der Waals surface area contributed by atoms with Gasteiger partial charge < -0.3 is 17.0 Å². The number of benzene rings is 3. The van der Waals surface area contributed by atoms with E-state index in [1.54, 1.807) is 24.3 Å². The van der Waals surface area contributed by atoms with Gasteiger partial charge in [-0.1, -0.05) is 54.1 Å². The molecule has 0 unspecified atom stereocenters. The topological polar surface area (TPSA) is 69.6 Å². The molecule has 0 aromatic heterocycles. The molecular formula is C25H25ClNNaO3. The number of hydrogen-bond acceptors (Lipinski definition) is 3. The molecule has 0 amide bonds. The smallest absolute Gasteiger partial charge is 1.00 e. The van der Waals surface area contributed by atoms with Crippen LogP contribution in [0.2, 0.25) is 5.02 Å². The van der Waals surface area contributed by atoms with Crippen molar-refractivity contribution in [3.05, 3.63) is 94.0 Å². The first-order valence-electron chi connectivity index (χ1n) is 10.1. The third-order valence-corrected chi connectivity index (χ3v) is 6.01. The van der Waals surface area contributed by atoms with Crippen LogP contribution in [0.25, 0.3) is 11.1 Å². The van der Waals surface area contributed by atoms with Crippen LogP contribution in [-0.2, 0) is 12.8 Å². The maximum absolute atomic E-state index is 11.1. The van der Waals surface area contributed by atoms with Gasteiger partial charge in [-0.2, -0.15) is 0 Å². The molecule has 0 fully saturated rings. The van der Waals surface area contributed by atoms with Gasteiger partial charge >= 0.3 is 35.5 Å². The van der Waals surface area contributed by atoms with Crippen molar-refractivity contribution in [3.8, 4) is 11.1 Å². The van der Waals surface area contributed by atoms with Crippen LogP contribution >= 0.6 is 11.6 Å². The minimum absolute atomic E-state index is 0. The van der Waals surface area contributed by atoms with Gasteiger partial charge in [0.05, 0.1) is 11.7 Å². The molecule has 0 heterocycles. The van der Waals surface area contributed by atoms with E-state index >= 15 is 0 Å². The third-order valence-electron chi connectivity index (χ3n) is 5.75. The number of nitrogens with one attached hydrogen (secondary N) is 1. The second-order valence-corrected chi connectivity index (χ2v) is 8.22. The molecule has 6 heteroatoms. The van der Waals surface area contributed by atoms with Crippen LogP contribution in [0.1, 0.15) is 41.0 Å². The molecular weight excluding hydrogens is 421 g/mol. The summed E-state index contributed by atoms with van der Waals surface area (Å²) >= 11 is 5.92. The van der Waals surface area contributed by atoms with E-state index in [0.29, 0.717) is 23.2 Å². The molecule has 0 saturated carbocycles. The summed E-state index contributed by atoms with van der Waals surface area (Å²) in [5.41, 5.74) is 5.91. The fraction of sp³-hybridized carbons (Fsp3) is 0.240. The van der Waals surface area contributed by atoms with Crippen molar-refractivity contribution in [2.24, 2.45) is 0 Å². The van der Waals surface area contributed by atoms with E-state index in [4.69, 9.17) is 16.7 Å². The molecule has 3 N–H and O–H groups in total. The van der Waals surface area contributed by atoms with Gasteiger partial charge in [-0.05, 0) is 71.3 Å². The normalized spacial score (nSPS) is 16.1. The van der Waals surface area contributed by atoms with Crippen molar-refractivity contribution >= 4 is 17.6 Å². The summed E-state index contributed by atoms with van der Waals surface area (Å²) in [4.78, 5) is 11.1. The van der Waals surface area contributed by atoms with E-state index in [-0.39, 0.29) is 31.0 Å². The summed E-state index contributed by atoms with van der Waals surface area (Å²) in [6.07, 6.45) is 2.38. The molecule has 4 rings (SSSR count). The largest absolute Gasteiger partial charge is 1.00 e. The van der Waals surface area contributed by atoms with E-state index < -0.39 is 12.1 Å². The number of hydrogen-bond donors (Lipinski definition) is 3. The molecule has 156 valence electrons. The molecule has 0 aliphatic heterocycles. The number of carbonyl (C=O) groups is 1. The number of carboxylic acids is 1. The van der Waals surface area contributed by atoms with Gasteiger partial charge in [-0.25, -0.2) is 4.79 Å². The van der Waals surface area contributed by atoms with Gasteiger partial charge in [0.25, 0.3) is 0 Å². The van der Waals surface area contributed by atoms with Gasteiger partial charge in [0.2, 0.25) is 0 Å². The molecule has 1 aliphatic rings. The van der Waals surface area contributed by atoms with Crippen LogP contribution in [-0.4, -0.2) is 28.8 Å². The van der Waals surface area contributed by atoms with Crippen LogP contribution < -0.4 is 34.9 Å². The minimum atomic E-state index is -0.915. The summed E-state index contributed by atoms with van der Waals surface area (Å²) in [5.74, 6) is -0.915. The fourth-order valence-corrected chi connectivity index (χ4v) is 4.12. The predicted molar refractivity (Wildman–Crippen MR) is 120 cm³/mol. The fourth-order valence-electron chi connectivity index (χ4n) is 4.00. The Bertz CT molecular complexity index is 1040. The molecule has 4 nitrogen and oxygen atoms in total. The number of aromatic carboxylic acids is 1. The van der Waals surface area contributed by atoms with E-state index in [0.717, 1.165) is 36.0 Å². The monoisotopic (exact) mass is 445 g/mol. The van der Waals surface area contributed by atoms with Crippen molar-refractivity contribution in [2.75, 3.05) is 6.54 Å². The molecule has 0 bridgehead atoms. The predicted octanol–water partition coefficient (Wildman–Crippen LogP) is 2.00. The van der Waals surface area contributed by atoms with Gasteiger partial charge in [0.15, 0.2) is 0 Å². The Hall–Kier alpha value is -1.66. The first kappa shape index (κ1) is 24.0. The zero-order valence-electron chi connectivity index (χ0n) is 18.5. The quantitative estimate of drug-likeness (QED) is 0.508. The van der Waals surface area contributed by atoms with Crippen LogP contribution in [0, 0.1) is 0 Å². The van der Waals surface area contributed by atoms with E-state index in [2.05, 4.69) is 23.5 Å². The van der Waals surface area contributed by atoms with Crippen molar-refractivity contribution in [3.63, 3.8) is 0 Å². The third kappa shape index (κ3) is 5.98. The van der Waals surface area contributed by atoms with Gasteiger partial charge in [0.1, 0.15) is 0 Å². The SMILES string of the molecule is O=C(O)c1ccc(-c2ccc3c(c2)C[C@@H](NC[C@@H](O)c2ccc(Cl)cc2)CC3)cc1.[H-].[Na+]. The molecule has 2 atom stereocenters. The summed E-state index contributed by atoms with van der Waals surface area (Å²) in [5, 5.41) is 23.7. The van der Waals surface area contributed by atoms with E-state index in [9.17, 15) is 9.90 Å². The Balaban J connectivity index is 0.00000181. The standard InChI is InChI=1S/C25H24ClNO3.Na.H/c26-22-10-7-18(8-11-22)24(28)15-27-23-12-9-17-3-6-20(13-21(17)14-23)16-1-4-19(5-2-16)25(29)30;;/h1-8,10-11,13,23-24,27-28H,9,12,14-15H2,(H,29,30);;/q;+1;-1/t23-,24+;;/m0../s1. The van der Waals surface area contributed by atoms with Crippen molar-refractivity contribution in [1.82, 2.24) is 5.32 Å². The number of carboxylic acid groups (broad SMARTS) is 1. The van der Waals surface area contributed by atoms with Crippen LogP contribution in [0.5, 0.6) is 0 Å². The second-order valence-electron chi connectivity index (χ2n) is 7.78. The maximum Gasteiger partial charge on any atom is 1.00 e. The van der Waals surface area contributed by atoms with Crippen molar-refractivity contribution in [1.29, 1.82) is 0 Å². The van der Waals surface area contributed by atoms with Crippen molar-refractivity contribution in [2.45, 2.75) is 31.4 Å². The molecule has 31 heavy (non-hydrogen) atoms. The minimum Gasteiger partial charge on any atom is -1.00 e. The Morgan fingerprint density at radius 1 is 1.03 bits per heavy atom. The second kappa shape index (κ2) is 10.8.